The molecular formula is C15H27N2OS+. The molecule has 0 amide bonds. The highest BCUT2D eigenvalue weighted by Crippen LogP contribution is 2.16. The Morgan fingerprint density at radius 2 is 1.89 bits per heavy atom. The third kappa shape index (κ3) is 4.69. The van der Waals surface area contributed by atoms with Gasteiger partial charge in [0.05, 0.1) is 30.8 Å². The molecular weight excluding hydrogens is 256 g/mol. The van der Waals surface area contributed by atoms with E-state index in [1.165, 1.54) is 4.88 Å². The minimum absolute atomic E-state index is 0.410. The lowest BCUT2D eigenvalue weighted by Crippen LogP contribution is -2.50. The molecule has 1 aromatic rings. The van der Waals surface area contributed by atoms with Gasteiger partial charge in [-0.1, -0.05) is 0 Å². The Balaban J connectivity index is 2.37. The number of Topliss-reactive ketones (excluding diaryl/α,β-unsaturated/α-hetero) is 1. The summed E-state index contributed by atoms with van der Waals surface area (Å²) in [6, 6.07) is 0. The van der Waals surface area contributed by atoms with Crippen molar-refractivity contribution in [1.29, 1.82) is 0 Å². The number of carbonyl (C=O) groups excluding carboxylic acids is 1. The molecule has 0 spiro atoms. The molecule has 0 saturated heterocycles. The number of hydrogen-bond donors (Lipinski definition) is 0. The molecule has 0 aromatic carbocycles. The van der Waals surface area contributed by atoms with Crippen molar-refractivity contribution in [3.05, 3.63) is 16.1 Å². The van der Waals surface area contributed by atoms with Crippen molar-refractivity contribution in [2.75, 3.05) is 26.2 Å². The van der Waals surface area contributed by atoms with Crippen molar-refractivity contribution < 1.29 is 9.28 Å². The lowest BCUT2D eigenvalue weighted by atomic mass is 10.1. The molecule has 1 rings (SSSR count). The van der Waals surface area contributed by atoms with Crippen LogP contribution in [0.15, 0.2) is 5.51 Å². The van der Waals surface area contributed by atoms with Crippen LogP contribution in [0.2, 0.25) is 0 Å². The van der Waals surface area contributed by atoms with Gasteiger partial charge in [0, 0.05) is 11.3 Å². The summed E-state index contributed by atoms with van der Waals surface area (Å²) >= 11 is 1.70. The minimum atomic E-state index is 0.410. The largest absolute Gasteiger partial charge is 0.318 e. The summed E-state index contributed by atoms with van der Waals surface area (Å²) in [6.45, 7) is 12.4. The third-order valence-electron chi connectivity index (χ3n) is 4.23. The molecule has 0 aliphatic rings. The van der Waals surface area contributed by atoms with Crippen LogP contribution in [0.3, 0.4) is 0 Å². The number of quaternary nitrogens is 1. The maximum absolute atomic E-state index is 12.1. The van der Waals surface area contributed by atoms with E-state index in [4.69, 9.17) is 0 Å². The zero-order valence-electron chi connectivity index (χ0n) is 12.7. The van der Waals surface area contributed by atoms with Crippen molar-refractivity contribution in [2.45, 2.75) is 47.0 Å². The van der Waals surface area contributed by atoms with E-state index in [9.17, 15) is 4.79 Å². The number of nitrogens with zero attached hydrogens (tertiary/aromatic N) is 2. The maximum atomic E-state index is 12.1. The second kappa shape index (κ2) is 7.75. The number of thiazole rings is 1. The third-order valence-corrected chi connectivity index (χ3v) is 5.22. The van der Waals surface area contributed by atoms with Gasteiger partial charge in [-0.3, -0.25) is 4.79 Å². The van der Waals surface area contributed by atoms with Crippen LogP contribution in [0.5, 0.6) is 0 Å². The van der Waals surface area contributed by atoms with Gasteiger partial charge < -0.3 is 4.48 Å². The lowest BCUT2D eigenvalue weighted by molar-refractivity contribution is -0.915. The van der Waals surface area contributed by atoms with E-state index in [2.05, 4.69) is 25.8 Å². The Bertz CT molecular complexity index is 388. The Morgan fingerprint density at radius 3 is 2.37 bits per heavy atom. The minimum Gasteiger partial charge on any atom is -0.318 e. The van der Waals surface area contributed by atoms with Crippen molar-refractivity contribution in [3.63, 3.8) is 0 Å². The van der Waals surface area contributed by atoms with Gasteiger partial charge in [0.15, 0.2) is 5.78 Å². The van der Waals surface area contributed by atoms with Crippen LogP contribution in [0.25, 0.3) is 0 Å². The van der Waals surface area contributed by atoms with Crippen molar-refractivity contribution in [3.8, 4) is 0 Å². The number of hydrogen-bond acceptors (Lipinski definition) is 3. The summed E-state index contributed by atoms with van der Waals surface area (Å²) in [7, 11) is 0. The molecule has 19 heavy (non-hydrogen) atoms. The van der Waals surface area contributed by atoms with Crippen molar-refractivity contribution in [1.82, 2.24) is 4.98 Å². The quantitative estimate of drug-likeness (QED) is 0.651. The van der Waals surface area contributed by atoms with Gasteiger partial charge in [0.2, 0.25) is 0 Å². The summed E-state index contributed by atoms with van der Waals surface area (Å²) in [5.74, 6) is 0.410. The second-order valence-corrected chi connectivity index (χ2v) is 6.14. The molecule has 0 N–H and O–H groups in total. The highest BCUT2D eigenvalue weighted by Gasteiger charge is 2.24. The Morgan fingerprint density at radius 1 is 1.26 bits per heavy atom. The molecule has 0 fully saturated rings. The van der Waals surface area contributed by atoms with Gasteiger partial charge in [0.25, 0.3) is 0 Å². The molecule has 0 saturated carbocycles. The van der Waals surface area contributed by atoms with Gasteiger partial charge in [-0.2, -0.15) is 0 Å². The van der Waals surface area contributed by atoms with Gasteiger partial charge in [-0.15, -0.1) is 11.3 Å². The number of aryl methyl sites for hydroxylation is 2. The molecule has 0 aliphatic heterocycles. The zero-order valence-corrected chi connectivity index (χ0v) is 13.6. The first kappa shape index (κ1) is 16.3. The average molecular weight is 283 g/mol. The van der Waals surface area contributed by atoms with Gasteiger partial charge in [0.1, 0.15) is 6.54 Å². The van der Waals surface area contributed by atoms with Crippen LogP contribution in [-0.2, 0) is 11.2 Å². The fraction of sp³-hybridized carbons (Fsp3) is 0.733. The molecule has 1 heterocycles. The standard InChI is InChI=1S/C15H27N2OS/c1-5-17(6-2,7-3)11-14(18)9-8-10-15-13(4)16-12-19-15/h12H,5-11H2,1-4H3/q+1. The van der Waals surface area contributed by atoms with Crippen LogP contribution < -0.4 is 0 Å². The normalized spacial score (nSPS) is 11.8. The Kier molecular flexibility index (Phi) is 6.66. The van der Waals surface area contributed by atoms with Crippen LogP contribution in [0, 0.1) is 6.92 Å². The molecule has 0 atom stereocenters. The van der Waals surface area contributed by atoms with Crippen LogP contribution >= 0.6 is 11.3 Å². The van der Waals surface area contributed by atoms with E-state index in [0.717, 1.165) is 42.7 Å². The number of ketones is 1. The molecule has 0 aliphatic carbocycles. The predicted octanol–water partition coefficient (Wildman–Crippen LogP) is 3.22. The van der Waals surface area contributed by atoms with E-state index in [-0.39, 0.29) is 0 Å². The summed E-state index contributed by atoms with van der Waals surface area (Å²) in [4.78, 5) is 17.7. The molecule has 0 radical (unpaired) electrons. The molecule has 4 heteroatoms. The van der Waals surface area contributed by atoms with Gasteiger partial charge in [-0.25, -0.2) is 4.98 Å². The Labute approximate surface area is 121 Å². The van der Waals surface area contributed by atoms with Crippen molar-refractivity contribution in [2.24, 2.45) is 0 Å². The lowest BCUT2D eigenvalue weighted by Gasteiger charge is -2.35. The van der Waals surface area contributed by atoms with Crippen molar-refractivity contribution >= 4 is 17.1 Å². The topological polar surface area (TPSA) is 30.0 Å². The van der Waals surface area contributed by atoms with E-state index in [0.29, 0.717) is 18.7 Å². The maximum Gasteiger partial charge on any atom is 0.186 e. The first-order chi connectivity index (χ1) is 9.06. The van der Waals surface area contributed by atoms with E-state index >= 15 is 0 Å². The molecule has 0 unspecified atom stereocenters. The number of carbonyl (C=O) groups is 1. The van der Waals surface area contributed by atoms with Gasteiger partial charge in [-0.05, 0) is 40.5 Å². The van der Waals surface area contributed by atoms with Crippen LogP contribution in [0.1, 0.15) is 44.2 Å². The van der Waals surface area contributed by atoms with Crippen LogP contribution in [-0.4, -0.2) is 41.4 Å². The number of rotatable bonds is 9. The zero-order chi connectivity index (χ0) is 14.3. The van der Waals surface area contributed by atoms with E-state index in [1.807, 2.05) is 12.4 Å². The fourth-order valence-electron chi connectivity index (χ4n) is 2.47. The summed E-state index contributed by atoms with van der Waals surface area (Å²) in [6.07, 6.45) is 2.66. The van der Waals surface area contributed by atoms with E-state index in [1.54, 1.807) is 11.3 Å². The highest BCUT2D eigenvalue weighted by molar-refractivity contribution is 7.09. The first-order valence-electron chi connectivity index (χ1n) is 7.32. The second-order valence-electron chi connectivity index (χ2n) is 5.20. The average Bonchev–Trinajstić information content (AvgIpc) is 2.82. The van der Waals surface area contributed by atoms with Gasteiger partial charge >= 0.3 is 0 Å². The molecule has 1 aromatic heterocycles. The SMILES string of the molecule is CC[N+](CC)(CC)CC(=O)CCCc1scnc1C. The predicted molar refractivity (Wildman–Crippen MR) is 81.5 cm³/mol. The monoisotopic (exact) mass is 283 g/mol. The molecule has 3 nitrogen and oxygen atoms in total. The summed E-state index contributed by atoms with van der Waals surface area (Å²) < 4.78 is 0.929. The summed E-state index contributed by atoms with van der Waals surface area (Å²) in [5.41, 5.74) is 3.01. The Hall–Kier alpha value is -0.740. The fourth-order valence-corrected chi connectivity index (χ4v) is 3.30. The highest BCUT2D eigenvalue weighted by atomic mass is 32.1. The van der Waals surface area contributed by atoms with E-state index < -0.39 is 0 Å². The smallest absolute Gasteiger partial charge is 0.186 e. The summed E-state index contributed by atoms with van der Waals surface area (Å²) in [5, 5.41) is 0. The first-order valence-corrected chi connectivity index (χ1v) is 8.20. The molecule has 0 bridgehead atoms. The number of aromatic nitrogens is 1. The number of likely N-dealkylation sites (N-methyl/N-ethyl adjacent to an activating group) is 1. The molecule has 108 valence electrons. The van der Waals surface area contributed by atoms with Crippen LogP contribution in [0.4, 0.5) is 0 Å².